The lowest BCUT2D eigenvalue weighted by molar-refractivity contribution is -0.125. The molecular weight excluding hydrogens is 274 g/mol. The summed E-state index contributed by atoms with van der Waals surface area (Å²) < 4.78 is 7.09. The molecule has 0 unspecified atom stereocenters. The van der Waals surface area contributed by atoms with Crippen molar-refractivity contribution in [3.05, 3.63) is 36.7 Å². The molecule has 0 radical (unpaired) electrons. The summed E-state index contributed by atoms with van der Waals surface area (Å²) in [5, 5.41) is 0.797. The van der Waals surface area contributed by atoms with Gasteiger partial charge in [0.1, 0.15) is 5.75 Å². The van der Waals surface area contributed by atoms with Gasteiger partial charge in [0.25, 0.3) is 0 Å². The van der Waals surface area contributed by atoms with Crippen molar-refractivity contribution in [2.75, 3.05) is 27.0 Å². The van der Waals surface area contributed by atoms with Gasteiger partial charge in [0.2, 0.25) is 5.91 Å². The van der Waals surface area contributed by atoms with E-state index in [-0.39, 0.29) is 5.91 Å². The fourth-order valence-electron chi connectivity index (χ4n) is 1.59. The van der Waals surface area contributed by atoms with Crippen LogP contribution >= 0.6 is 11.8 Å². The van der Waals surface area contributed by atoms with E-state index in [0.29, 0.717) is 5.75 Å². The molecule has 0 aliphatic rings. The van der Waals surface area contributed by atoms with E-state index in [1.165, 1.54) is 11.8 Å². The Hall–Kier alpha value is -1.95. The predicted octanol–water partition coefficient (Wildman–Crippen LogP) is 2.06. The molecule has 2 aromatic rings. The van der Waals surface area contributed by atoms with Gasteiger partial charge in [-0.05, 0) is 24.3 Å². The van der Waals surface area contributed by atoms with Crippen LogP contribution < -0.4 is 4.74 Å². The molecule has 6 heteroatoms. The molecule has 106 valence electrons. The van der Waals surface area contributed by atoms with Crippen molar-refractivity contribution >= 4 is 17.7 Å². The van der Waals surface area contributed by atoms with Crippen LogP contribution in [-0.4, -0.2) is 47.3 Å². The highest BCUT2D eigenvalue weighted by Gasteiger charge is 2.10. The number of imidazole rings is 1. The maximum absolute atomic E-state index is 11.6. The Balaban J connectivity index is 2.13. The Labute approximate surface area is 122 Å². The van der Waals surface area contributed by atoms with Crippen LogP contribution in [0.1, 0.15) is 0 Å². The number of carbonyl (C=O) groups excluding carboxylic acids is 1. The van der Waals surface area contributed by atoms with Crippen molar-refractivity contribution in [3.8, 4) is 11.4 Å². The fourth-order valence-corrected chi connectivity index (χ4v) is 2.54. The van der Waals surface area contributed by atoms with Gasteiger partial charge in [-0.3, -0.25) is 9.36 Å². The number of ether oxygens (including phenoxy) is 1. The first-order valence-corrected chi connectivity index (χ1v) is 7.11. The first-order valence-electron chi connectivity index (χ1n) is 6.12. The third kappa shape index (κ3) is 3.33. The van der Waals surface area contributed by atoms with Crippen molar-refractivity contribution in [2.24, 2.45) is 0 Å². The van der Waals surface area contributed by atoms with Crippen LogP contribution in [0.2, 0.25) is 0 Å². The predicted molar refractivity (Wildman–Crippen MR) is 79.5 cm³/mol. The molecule has 1 amide bonds. The number of thioether (sulfide) groups is 1. The quantitative estimate of drug-likeness (QED) is 0.791. The normalized spacial score (nSPS) is 10.3. The second-order valence-corrected chi connectivity index (χ2v) is 5.30. The van der Waals surface area contributed by atoms with Crippen LogP contribution in [0.4, 0.5) is 0 Å². The van der Waals surface area contributed by atoms with E-state index in [1.54, 1.807) is 32.3 Å². The zero-order valence-corrected chi connectivity index (χ0v) is 12.6. The standard InChI is InChI=1S/C14H17N3O2S/c1-16(2)13(18)10-20-14-15-8-9-17(14)11-4-6-12(19-3)7-5-11/h4-9H,10H2,1-3H3. The number of hydrogen-bond donors (Lipinski definition) is 0. The van der Waals surface area contributed by atoms with Crippen LogP contribution in [0.25, 0.3) is 5.69 Å². The van der Waals surface area contributed by atoms with E-state index in [4.69, 9.17) is 4.74 Å². The number of amides is 1. The number of carbonyl (C=O) groups is 1. The highest BCUT2D eigenvalue weighted by molar-refractivity contribution is 7.99. The summed E-state index contributed by atoms with van der Waals surface area (Å²) in [7, 11) is 5.14. The molecule has 20 heavy (non-hydrogen) atoms. The molecule has 5 nitrogen and oxygen atoms in total. The van der Waals surface area contributed by atoms with Crippen LogP contribution in [-0.2, 0) is 4.79 Å². The molecule has 0 saturated carbocycles. The Morgan fingerprint density at radius 1 is 1.35 bits per heavy atom. The zero-order chi connectivity index (χ0) is 14.5. The lowest BCUT2D eigenvalue weighted by Gasteiger charge is -2.11. The average molecular weight is 291 g/mol. The van der Waals surface area contributed by atoms with Crippen LogP contribution in [0.5, 0.6) is 5.75 Å². The lowest BCUT2D eigenvalue weighted by Crippen LogP contribution is -2.23. The number of nitrogens with zero attached hydrogens (tertiary/aromatic N) is 3. The van der Waals surface area contributed by atoms with Crippen LogP contribution in [0, 0.1) is 0 Å². The lowest BCUT2D eigenvalue weighted by atomic mass is 10.3. The van der Waals surface area contributed by atoms with Gasteiger partial charge in [-0.25, -0.2) is 4.98 Å². The van der Waals surface area contributed by atoms with E-state index in [9.17, 15) is 4.79 Å². The molecule has 1 aromatic carbocycles. The summed E-state index contributed by atoms with van der Waals surface area (Å²) in [6.45, 7) is 0. The Morgan fingerprint density at radius 3 is 2.65 bits per heavy atom. The monoisotopic (exact) mass is 291 g/mol. The number of benzene rings is 1. The molecule has 0 aliphatic carbocycles. The third-order valence-corrected chi connectivity index (χ3v) is 3.73. The highest BCUT2D eigenvalue weighted by atomic mass is 32.2. The topological polar surface area (TPSA) is 47.4 Å². The van der Waals surface area contributed by atoms with Crippen molar-refractivity contribution in [1.29, 1.82) is 0 Å². The van der Waals surface area contributed by atoms with E-state index in [1.807, 2.05) is 35.0 Å². The molecule has 0 fully saturated rings. The summed E-state index contributed by atoms with van der Waals surface area (Å²) in [6.07, 6.45) is 3.61. The van der Waals surface area contributed by atoms with E-state index in [0.717, 1.165) is 16.6 Å². The van der Waals surface area contributed by atoms with Crippen molar-refractivity contribution in [2.45, 2.75) is 5.16 Å². The molecule has 1 heterocycles. The molecular formula is C14H17N3O2S. The number of rotatable bonds is 5. The molecule has 1 aromatic heterocycles. The van der Waals surface area contributed by atoms with E-state index in [2.05, 4.69) is 4.98 Å². The zero-order valence-electron chi connectivity index (χ0n) is 11.7. The largest absolute Gasteiger partial charge is 0.497 e. The molecule has 0 aliphatic heterocycles. The van der Waals surface area contributed by atoms with Gasteiger partial charge in [0, 0.05) is 32.2 Å². The number of aromatic nitrogens is 2. The summed E-state index contributed by atoms with van der Waals surface area (Å²) in [5.41, 5.74) is 0.989. The highest BCUT2D eigenvalue weighted by Crippen LogP contribution is 2.22. The average Bonchev–Trinajstić information content (AvgIpc) is 2.93. The third-order valence-electron chi connectivity index (χ3n) is 2.78. The minimum atomic E-state index is 0.0688. The molecule has 0 N–H and O–H groups in total. The molecule has 0 atom stereocenters. The van der Waals surface area contributed by atoms with Crippen LogP contribution in [0.15, 0.2) is 41.8 Å². The summed E-state index contributed by atoms with van der Waals surface area (Å²) >= 11 is 1.42. The summed E-state index contributed by atoms with van der Waals surface area (Å²) in [4.78, 5) is 17.5. The van der Waals surface area contributed by atoms with E-state index >= 15 is 0 Å². The fraction of sp³-hybridized carbons (Fsp3) is 0.286. The van der Waals surface area contributed by atoms with Gasteiger partial charge < -0.3 is 9.64 Å². The minimum absolute atomic E-state index is 0.0688. The molecule has 0 spiro atoms. The van der Waals surface area contributed by atoms with Gasteiger partial charge in [-0.1, -0.05) is 11.8 Å². The maximum Gasteiger partial charge on any atom is 0.232 e. The molecule has 2 rings (SSSR count). The smallest absolute Gasteiger partial charge is 0.232 e. The van der Waals surface area contributed by atoms with Gasteiger partial charge in [-0.15, -0.1) is 0 Å². The Morgan fingerprint density at radius 2 is 2.05 bits per heavy atom. The van der Waals surface area contributed by atoms with Gasteiger partial charge in [0.15, 0.2) is 5.16 Å². The van der Waals surface area contributed by atoms with Gasteiger partial charge in [-0.2, -0.15) is 0 Å². The number of hydrogen-bond acceptors (Lipinski definition) is 4. The Bertz CT molecular complexity index is 578. The summed E-state index contributed by atoms with van der Waals surface area (Å²) in [6, 6.07) is 7.71. The van der Waals surface area contributed by atoms with Crippen molar-refractivity contribution in [1.82, 2.24) is 14.5 Å². The molecule has 0 saturated heterocycles. The number of methoxy groups -OCH3 is 1. The SMILES string of the molecule is COc1ccc(-n2ccnc2SCC(=O)N(C)C)cc1. The minimum Gasteiger partial charge on any atom is -0.497 e. The van der Waals surface area contributed by atoms with Crippen molar-refractivity contribution < 1.29 is 9.53 Å². The molecule has 0 bridgehead atoms. The Kier molecular flexibility index (Phi) is 4.68. The second-order valence-electron chi connectivity index (χ2n) is 4.35. The maximum atomic E-state index is 11.6. The first-order chi connectivity index (χ1) is 9.61. The van der Waals surface area contributed by atoms with Gasteiger partial charge >= 0.3 is 0 Å². The van der Waals surface area contributed by atoms with Crippen LogP contribution in [0.3, 0.4) is 0 Å². The summed E-state index contributed by atoms with van der Waals surface area (Å²) in [5.74, 6) is 1.25. The van der Waals surface area contributed by atoms with E-state index < -0.39 is 0 Å². The second kappa shape index (κ2) is 6.47. The first kappa shape index (κ1) is 14.5. The van der Waals surface area contributed by atoms with Gasteiger partial charge in [0.05, 0.1) is 12.9 Å². The van der Waals surface area contributed by atoms with Crippen molar-refractivity contribution in [3.63, 3.8) is 0 Å².